The number of amides is 2. The van der Waals surface area contributed by atoms with Crippen LogP contribution < -0.4 is 10.6 Å². The van der Waals surface area contributed by atoms with Crippen molar-refractivity contribution in [2.24, 2.45) is 5.92 Å². The van der Waals surface area contributed by atoms with Gasteiger partial charge in [-0.05, 0) is 31.6 Å². The lowest BCUT2D eigenvalue weighted by molar-refractivity contribution is -0.137. The summed E-state index contributed by atoms with van der Waals surface area (Å²) in [6, 6.07) is 0.402. The smallest absolute Gasteiger partial charge is 0.239 e. The summed E-state index contributed by atoms with van der Waals surface area (Å²) in [4.78, 5) is 25.1. The van der Waals surface area contributed by atoms with Crippen LogP contribution in [0.3, 0.4) is 0 Å². The van der Waals surface area contributed by atoms with Crippen LogP contribution in [0.2, 0.25) is 0 Å². The average Bonchev–Trinajstić information content (AvgIpc) is 2.45. The molecule has 0 aromatic rings. The number of nitrogens with one attached hydrogen (secondary N) is 2. The van der Waals surface area contributed by atoms with Crippen LogP contribution in [0.4, 0.5) is 0 Å². The van der Waals surface area contributed by atoms with Gasteiger partial charge in [0.2, 0.25) is 11.8 Å². The maximum atomic E-state index is 12.3. The predicted molar refractivity (Wildman–Crippen MR) is 73.6 cm³/mol. The predicted octanol–water partition coefficient (Wildman–Crippen LogP) is 0.502. The molecule has 2 amide bonds. The molecule has 3 unspecified atom stereocenters. The van der Waals surface area contributed by atoms with Gasteiger partial charge in [0.1, 0.15) is 0 Å². The van der Waals surface area contributed by atoms with Crippen molar-refractivity contribution in [1.29, 1.82) is 0 Å². The molecule has 1 heterocycles. The molecule has 5 nitrogen and oxygen atoms in total. The van der Waals surface area contributed by atoms with E-state index in [1.165, 1.54) is 30.6 Å². The Morgan fingerprint density at radius 1 is 1.21 bits per heavy atom. The highest BCUT2D eigenvalue weighted by Crippen LogP contribution is 2.32. The fourth-order valence-electron chi connectivity index (χ4n) is 3.33. The summed E-state index contributed by atoms with van der Waals surface area (Å²) in [5, 5.41) is 6.05. The van der Waals surface area contributed by atoms with E-state index < -0.39 is 0 Å². The maximum Gasteiger partial charge on any atom is 0.239 e. The molecule has 5 heteroatoms. The summed E-state index contributed by atoms with van der Waals surface area (Å²) in [6.07, 6.45) is 7.13. The number of likely N-dealkylation sites (N-methyl/N-ethyl adjacent to an activating group) is 2. The second-order valence-electron chi connectivity index (χ2n) is 5.82. The van der Waals surface area contributed by atoms with Crippen molar-refractivity contribution in [2.75, 3.05) is 20.6 Å². The van der Waals surface area contributed by atoms with E-state index in [-0.39, 0.29) is 24.4 Å². The first kappa shape index (κ1) is 14.3. The Kier molecular flexibility index (Phi) is 4.80. The Bertz CT molecular complexity index is 346. The Morgan fingerprint density at radius 2 is 1.95 bits per heavy atom. The van der Waals surface area contributed by atoms with Crippen LogP contribution in [0.5, 0.6) is 0 Å². The number of rotatable bonds is 3. The van der Waals surface area contributed by atoms with Crippen LogP contribution >= 0.6 is 0 Å². The first-order valence-electron chi connectivity index (χ1n) is 7.33. The highest BCUT2D eigenvalue weighted by Gasteiger charge is 2.35. The summed E-state index contributed by atoms with van der Waals surface area (Å²) < 4.78 is 0. The van der Waals surface area contributed by atoms with Gasteiger partial charge in [-0.3, -0.25) is 9.59 Å². The van der Waals surface area contributed by atoms with Crippen LogP contribution in [0.25, 0.3) is 0 Å². The molecule has 0 spiro atoms. The van der Waals surface area contributed by atoms with Gasteiger partial charge in [0.25, 0.3) is 0 Å². The van der Waals surface area contributed by atoms with Crippen molar-refractivity contribution in [3.05, 3.63) is 0 Å². The molecule has 2 N–H and O–H groups in total. The normalized spacial score (nSPS) is 30.3. The van der Waals surface area contributed by atoms with E-state index in [0.717, 1.165) is 18.8 Å². The van der Waals surface area contributed by atoms with Crippen LogP contribution in [-0.4, -0.2) is 49.4 Å². The summed E-state index contributed by atoms with van der Waals surface area (Å²) in [5.41, 5.74) is 0. The van der Waals surface area contributed by atoms with Crippen LogP contribution in [0.1, 0.15) is 38.5 Å². The van der Waals surface area contributed by atoms with E-state index in [1.807, 2.05) is 0 Å². The molecule has 1 saturated heterocycles. The molecule has 0 bridgehead atoms. The molecule has 1 aliphatic heterocycles. The van der Waals surface area contributed by atoms with E-state index in [0.29, 0.717) is 6.04 Å². The van der Waals surface area contributed by atoms with Crippen LogP contribution in [-0.2, 0) is 9.59 Å². The molecule has 19 heavy (non-hydrogen) atoms. The summed E-state index contributed by atoms with van der Waals surface area (Å²) >= 11 is 0. The quantitative estimate of drug-likeness (QED) is 0.783. The van der Waals surface area contributed by atoms with Gasteiger partial charge in [-0.1, -0.05) is 12.8 Å². The molecule has 0 radical (unpaired) electrons. The van der Waals surface area contributed by atoms with E-state index in [4.69, 9.17) is 0 Å². The molecule has 2 fully saturated rings. The van der Waals surface area contributed by atoms with Gasteiger partial charge in [-0.2, -0.15) is 0 Å². The SMILES string of the molecule is CNC(=O)CN(C)C(=O)C1CCC2CCCCC2N1. The number of hydrogen-bond acceptors (Lipinski definition) is 3. The zero-order valence-corrected chi connectivity index (χ0v) is 11.9. The number of hydrogen-bond donors (Lipinski definition) is 2. The van der Waals surface area contributed by atoms with Crippen LogP contribution in [0.15, 0.2) is 0 Å². The van der Waals surface area contributed by atoms with E-state index in [2.05, 4.69) is 10.6 Å². The lowest BCUT2D eigenvalue weighted by Crippen LogP contribution is -2.55. The van der Waals surface area contributed by atoms with Crippen molar-refractivity contribution in [3.63, 3.8) is 0 Å². The van der Waals surface area contributed by atoms with Gasteiger partial charge in [0.05, 0.1) is 12.6 Å². The van der Waals surface area contributed by atoms with Crippen LogP contribution in [0, 0.1) is 5.92 Å². The number of carbonyl (C=O) groups is 2. The standard InChI is InChI=1S/C14H25N3O2/c1-15-13(18)9-17(2)14(19)12-8-7-10-5-3-4-6-11(10)16-12/h10-12,16H,3-9H2,1-2H3,(H,15,18). The molecular weight excluding hydrogens is 242 g/mol. The van der Waals surface area contributed by atoms with E-state index in [1.54, 1.807) is 14.1 Å². The molecule has 1 saturated carbocycles. The van der Waals surface area contributed by atoms with Crippen molar-refractivity contribution in [1.82, 2.24) is 15.5 Å². The second kappa shape index (κ2) is 6.37. The fraction of sp³-hybridized carbons (Fsp3) is 0.857. The zero-order chi connectivity index (χ0) is 13.8. The molecule has 108 valence electrons. The molecule has 0 aromatic heterocycles. The maximum absolute atomic E-state index is 12.3. The molecule has 1 aliphatic carbocycles. The summed E-state index contributed by atoms with van der Waals surface area (Å²) in [6.45, 7) is 0.140. The monoisotopic (exact) mass is 267 g/mol. The number of fused-ring (bicyclic) bond motifs is 1. The van der Waals surface area contributed by atoms with Gasteiger partial charge in [0.15, 0.2) is 0 Å². The summed E-state index contributed by atoms with van der Waals surface area (Å²) in [7, 11) is 3.29. The Balaban J connectivity index is 1.87. The molecular formula is C14H25N3O2. The Morgan fingerprint density at radius 3 is 2.68 bits per heavy atom. The second-order valence-corrected chi connectivity index (χ2v) is 5.82. The lowest BCUT2D eigenvalue weighted by Gasteiger charge is -2.40. The van der Waals surface area contributed by atoms with Crippen molar-refractivity contribution in [3.8, 4) is 0 Å². The van der Waals surface area contributed by atoms with Gasteiger partial charge >= 0.3 is 0 Å². The Hall–Kier alpha value is -1.10. The molecule has 2 rings (SSSR count). The average molecular weight is 267 g/mol. The highest BCUT2D eigenvalue weighted by atomic mass is 16.2. The van der Waals surface area contributed by atoms with Gasteiger partial charge < -0.3 is 15.5 Å². The van der Waals surface area contributed by atoms with Gasteiger partial charge in [-0.15, -0.1) is 0 Å². The lowest BCUT2D eigenvalue weighted by atomic mass is 9.77. The third kappa shape index (κ3) is 3.47. The largest absolute Gasteiger partial charge is 0.358 e. The molecule has 2 aliphatic rings. The number of carbonyl (C=O) groups excluding carboxylic acids is 2. The van der Waals surface area contributed by atoms with Crippen molar-refractivity contribution < 1.29 is 9.59 Å². The number of piperidine rings is 1. The van der Waals surface area contributed by atoms with E-state index >= 15 is 0 Å². The fourth-order valence-corrected chi connectivity index (χ4v) is 3.33. The molecule has 0 aromatic carbocycles. The van der Waals surface area contributed by atoms with Gasteiger partial charge in [0, 0.05) is 20.1 Å². The van der Waals surface area contributed by atoms with E-state index in [9.17, 15) is 9.59 Å². The zero-order valence-electron chi connectivity index (χ0n) is 11.9. The minimum atomic E-state index is -0.123. The molecule has 3 atom stereocenters. The van der Waals surface area contributed by atoms with Crippen molar-refractivity contribution >= 4 is 11.8 Å². The number of nitrogens with zero attached hydrogens (tertiary/aromatic N) is 1. The highest BCUT2D eigenvalue weighted by molar-refractivity contribution is 5.87. The minimum absolute atomic E-state index is 0.0487. The first-order chi connectivity index (χ1) is 9.11. The van der Waals surface area contributed by atoms with Gasteiger partial charge in [-0.25, -0.2) is 0 Å². The topological polar surface area (TPSA) is 61.4 Å². The Labute approximate surface area is 115 Å². The third-order valence-corrected chi connectivity index (χ3v) is 4.48. The summed E-state index contributed by atoms with van der Waals surface area (Å²) in [5.74, 6) is 0.678. The first-order valence-corrected chi connectivity index (χ1v) is 7.33. The minimum Gasteiger partial charge on any atom is -0.358 e. The third-order valence-electron chi connectivity index (χ3n) is 4.48. The van der Waals surface area contributed by atoms with Crippen molar-refractivity contribution in [2.45, 2.75) is 50.6 Å².